The molecule has 5 nitrogen and oxygen atoms in total. The van der Waals surface area contributed by atoms with Crippen molar-refractivity contribution in [2.45, 2.75) is 82.4 Å². The zero-order valence-electron chi connectivity index (χ0n) is 28.3. The number of methoxy groups -OCH3 is 1. The SMILES string of the molecule is COC(=O)CC1(CS[C@H](CCc2ccccc2C(C)(C)OC2CCCCO2)c2cccc(C=Cc3ccc4ccc(Cl)cc4n3)c2)CC1. The molecule has 2 fully saturated rings. The van der Waals surface area contributed by atoms with Gasteiger partial charge in [-0.15, -0.1) is 0 Å². The monoisotopic (exact) mass is 683 g/mol. The molecule has 1 aliphatic heterocycles. The fourth-order valence-electron chi connectivity index (χ4n) is 6.60. The van der Waals surface area contributed by atoms with E-state index in [0.29, 0.717) is 11.4 Å². The van der Waals surface area contributed by atoms with Crippen molar-refractivity contribution < 1.29 is 19.0 Å². The van der Waals surface area contributed by atoms with E-state index in [0.717, 1.165) is 79.5 Å². The molecule has 0 spiro atoms. The fraction of sp³-hybridized carbons (Fsp3) is 0.415. The van der Waals surface area contributed by atoms with E-state index in [2.05, 4.69) is 80.6 Å². The van der Waals surface area contributed by atoms with E-state index in [1.54, 1.807) is 0 Å². The van der Waals surface area contributed by atoms with Crippen molar-refractivity contribution in [1.82, 2.24) is 4.98 Å². The van der Waals surface area contributed by atoms with Crippen LogP contribution in [0.2, 0.25) is 5.02 Å². The normalized spacial score (nSPS) is 18.2. The van der Waals surface area contributed by atoms with Crippen LogP contribution in [-0.2, 0) is 31.0 Å². The van der Waals surface area contributed by atoms with E-state index in [-0.39, 0.29) is 22.9 Å². The number of hydrogen-bond acceptors (Lipinski definition) is 6. The Balaban J connectivity index is 1.21. The maximum atomic E-state index is 12.2. The highest BCUT2D eigenvalue weighted by molar-refractivity contribution is 7.99. The fourth-order valence-corrected chi connectivity index (χ4v) is 8.34. The minimum Gasteiger partial charge on any atom is -0.469 e. The first-order chi connectivity index (χ1) is 23.2. The first-order valence-electron chi connectivity index (χ1n) is 17.1. The molecule has 1 saturated heterocycles. The van der Waals surface area contributed by atoms with Crippen LogP contribution in [0.25, 0.3) is 23.1 Å². The molecule has 0 amide bonds. The zero-order valence-corrected chi connectivity index (χ0v) is 29.8. The summed E-state index contributed by atoms with van der Waals surface area (Å²) < 4.78 is 17.6. The molecule has 0 radical (unpaired) electrons. The lowest BCUT2D eigenvalue weighted by atomic mass is 9.89. The van der Waals surface area contributed by atoms with Crippen molar-refractivity contribution in [3.05, 3.63) is 112 Å². The Morgan fingerprint density at radius 2 is 1.90 bits per heavy atom. The molecule has 1 aromatic heterocycles. The maximum absolute atomic E-state index is 12.2. The number of fused-ring (bicyclic) bond motifs is 1. The van der Waals surface area contributed by atoms with Crippen LogP contribution in [-0.4, -0.2) is 36.7 Å². The topological polar surface area (TPSA) is 57.7 Å². The summed E-state index contributed by atoms with van der Waals surface area (Å²) in [5.41, 5.74) is 6.29. The van der Waals surface area contributed by atoms with Crippen LogP contribution in [0.1, 0.15) is 92.0 Å². The number of aryl methyl sites for hydroxylation is 1. The van der Waals surface area contributed by atoms with Gasteiger partial charge in [0, 0.05) is 28.0 Å². The number of benzene rings is 3. The van der Waals surface area contributed by atoms with Crippen molar-refractivity contribution in [3.63, 3.8) is 0 Å². The Morgan fingerprint density at radius 3 is 2.69 bits per heavy atom. The molecular formula is C41H46ClNO4S. The second-order valence-electron chi connectivity index (χ2n) is 13.7. The van der Waals surface area contributed by atoms with E-state index in [4.69, 9.17) is 30.8 Å². The van der Waals surface area contributed by atoms with Crippen LogP contribution < -0.4 is 0 Å². The minimum atomic E-state index is -0.466. The van der Waals surface area contributed by atoms with Crippen LogP contribution in [0, 0.1) is 5.41 Å². The Bertz CT molecular complexity index is 1740. The molecule has 6 rings (SSSR count). The van der Waals surface area contributed by atoms with Crippen LogP contribution in [0.3, 0.4) is 0 Å². The van der Waals surface area contributed by atoms with Crippen molar-refractivity contribution in [2.24, 2.45) is 5.41 Å². The standard InChI is InChI=1S/C41H46ClNO4S/c1-40(2,47-39-13-6-7-24-46-39)35-12-5-4-10-30(35)17-21-37(48-28-41(22-23-41)27-38(44)45-3)32-11-8-9-29(25-32)14-19-34-20-16-31-15-18-33(42)26-36(31)43-34/h4-5,8-12,14-16,18-20,25-26,37,39H,6-7,13,17,21-24,27-28H2,1-3H3/t37-,39?/m1/s1. The van der Waals surface area contributed by atoms with Gasteiger partial charge in [-0.1, -0.05) is 78.3 Å². The molecule has 2 heterocycles. The zero-order chi connectivity index (χ0) is 33.6. The molecule has 1 saturated carbocycles. The highest BCUT2D eigenvalue weighted by Crippen LogP contribution is 2.53. The largest absolute Gasteiger partial charge is 0.469 e. The number of halogens is 1. The van der Waals surface area contributed by atoms with Crippen molar-refractivity contribution in [2.75, 3.05) is 19.5 Å². The second kappa shape index (κ2) is 15.6. The van der Waals surface area contributed by atoms with Gasteiger partial charge in [0.05, 0.1) is 30.3 Å². The highest BCUT2D eigenvalue weighted by Gasteiger charge is 2.45. The lowest BCUT2D eigenvalue weighted by Gasteiger charge is -2.34. The third-order valence-corrected chi connectivity index (χ3v) is 11.5. The van der Waals surface area contributed by atoms with E-state index < -0.39 is 5.60 Å². The Hall–Kier alpha value is -3.16. The number of hydrogen-bond donors (Lipinski definition) is 0. The third-order valence-electron chi connectivity index (χ3n) is 9.61. The predicted octanol–water partition coefficient (Wildman–Crippen LogP) is 10.6. The summed E-state index contributed by atoms with van der Waals surface area (Å²) >= 11 is 8.20. The maximum Gasteiger partial charge on any atom is 0.306 e. The molecule has 0 bridgehead atoms. The number of ether oxygens (including phenoxy) is 3. The number of nitrogens with zero attached hydrogens (tertiary/aromatic N) is 1. The molecule has 3 aromatic carbocycles. The van der Waals surface area contributed by atoms with Gasteiger partial charge in [-0.25, -0.2) is 4.98 Å². The van der Waals surface area contributed by atoms with Gasteiger partial charge in [-0.2, -0.15) is 11.8 Å². The molecule has 48 heavy (non-hydrogen) atoms. The molecule has 1 aliphatic carbocycles. The van der Waals surface area contributed by atoms with Gasteiger partial charge in [0.1, 0.15) is 0 Å². The molecule has 2 atom stereocenters. The summed E-state index contributed by atoms with van der Waals surface area (Å²) in [4.78, 5) is 17.0. The quantitative estimate of drug-likeness (QED) is 0.123. The number of rotatable bonds is 14. The summed E-state index contributed by atoms with van der Waals surface area (Å²) in [6, 6.07) is 27.4. The smallest absolute Gasteiger partial charge is 0.306 e. The predicted molar refractivity (Wildman–Crippen MR) is 198 cm³/mol. The summed E-state index contributed by atoms with van der Waals surface area (Å²) in [6.45, 7) is 5.09. The molecule has 0 N–H and O–H groups in total. The number of thioether (sulfide) groups is 1. The van der Waals surface area contributed by atoms with Crippen LogP contribution >= 0.6 is 23.4 Å². The third kappa shape index (κ3) is 9.09. The van der Waals surface area contributed by atoms with E-state index in [9.17, 15) is 4.79 Å². The number of aromatic nitrogens is 1. The number of esters is 1. The van der Waals surface area contributed by atoms with Gasteiger partial charge in [0.15, 0.2) is 6.29 Å². The molecule has 1 unspecified atom stereocenters. The van der Waals surface area contributed by atoms with E-state index >= 15 is 0 Å². The molecule has 4 aromatic rings. The summed E-state index contributed by atoms with van der Waals surface area (Å²) in [5, 5.41) is 2.01. The lowest BCUT2D eigenvalue weighted by Crippen LogP contribution is -2.33. The van der Waals surface area contributed by atoms with Crippen LogP contribution in [0.5, 0.6) is 0 Å². The number of carbonyl (C=O) groups is 1. The average molecular weight is 684 g/mol. The second-order valence-corrected chi connectivity index (χ2v) is 15.4. The Morgan fingerprint density at radius 1 is 1.06 bits per heavy atom. The van der Waals surface area contributed by atoms with Gasteiger partial charge in [-0.3, -0.25) is 4.79 Å². The summed E-state index contributed by atoms with van der Waals surface area (Å²) in [6.07, 6.45) is 11.7. The lowest BCUT2D eigenvalue weighted by molar-refractivity contribution is -0.219. The van der Waals surface area contributed by atoms with Gasteiger partial charge in [0.2, 0.25) is 0 Å². The number of carbonyl (C=O) groups excluding carboxylic acids is 1. The van der Waals surface area contributed by atoms with E-state index in [1.165, 1.54) is 23.8 Å². The Kier molecular flexibility index (Phi) is 11.3. The Labute approximate surface area is 294 Å². The minimum absolute atomic E-state index is 0.0475. The van der Waals surface area contributed by atoms with Gasteiger partial charge < -0.3 is 14.2 Å². The number of pyridine rings is 1. The van der Waals surface area contributed by atoms with Gasteiger partial charge in [-0.05, 0) is 111 Å². The first-order valence-corrected chi connectivity index (χ1v) is 18.6. The molecule has 2 aliphatic rings. The van der Waals surface area contributed by atoms with Gasteiger partial charge in [0.25, 0.3) is 0 Å². The molecular weight excluding hydrogens is 638 g/mol. The average Bonchev–Trinajstić information content (AvgIpc) is 3.86. The van der Waals surface area contributed by atoms with E-state index in [1.807, 2.05) is 36.0 Å². The van der Waals surface area contributed by atoms with Crippen LogP contribution in [0.4, 0.5) is 0 Å². The summed E-state index contributed by atoms with van der Waals surface area (Å²) in [5.74, 6) is 0.825. The molecule has 7 heteroatoms. The van der Waals surface area contributed by atoms with Crippen LogP contribution in [0.15, 0.2) is 78.9 Å². The summed E-state index contributed by atoms with van der Waals surface area (Å²) in [7, 11) is 1.49. The van der Waals surface area contributed by atoms with Crippen molar-refractivity contribution in [1.29, 1.82) is 0 Å². The highest BCUT2D eigenvalue weighted by atomic mass is 35.5. The van der Waals surface area contributed by atoms with Crippen molar-refractivity contribution >= 4 is 52.4 Å². The van der Waals surface area contributed by atoms with Crippen molar-refractivity contribution in [3.8, 4) is 0 Å². The first kappa shape index (κ1) is 34.7. The molecule has 252 valence electrons. The van der Waals surface area contributed by atoms with Gasteiger partial charge >= 0.3 is 5.97 Å².